The molecule has 20 nitrogen and oxygen atoms in total. The Morgan fingerprint density at radius 2 is 0.752 bits per heavy atom. The van der Waals surface area contributed by atoms with E-state index in [4.69, 9.17) is 74.7 Å². The molecular weight excluding hydrogens is 1540 g/mol. The molecule has 2 amide bonds. The predicted molar refractivity (Wildman–Crippen MR) is 420 cm³/mol. The predicted octanol–water partition coefficient (Wildman–Crippen LogP) is 18.5. The number of carbonyl (C=O) groups excluding carboxylic acids is 4. The van der Waals surface area contributed by atoms with Gasteiger partial charge in [0.15, 0.2) is 34.6 Å². The van der Waals surface area contributed by atoms with Crippen molar-refractivity contribution in [2.24, 2.45) is 11.5 Å². The Morgan fingerprint density at radius 3 is 1.04 bits per heavy atom. The molecular formula is C83H97Cl3F7N7O13. The fourth-order valence-corrected chi connectivity index (χ4v) is 11.3. The number of ketones is 2. The second-order valence-electron chi connectivity index (χ2n) is 31.0. The number of halogens is 10. The van der Waals surface area contributed by atoms with Crippen molar-refractivity contribution in [2.75, 3.05) is 34.0 Å². The van der Waals surface area contributed by atoms with E-state index in [1.54, 1.807) is 139 Å². The molecule has 5 aromatic carbocycles. The number of pyridine rings is 3. The van der Waals surface area contributed by atoms with Gasteiger partial charge >= 0.3 is 12.2 Å². The molecule has 0 aliphatic rings. The number of benzene rings is 5. The van der Waals surface area contributed by atoms with Crippen molar-refractivity contribution in [3.8, 4) is 56.8 Å². The number of carbonyl (C=O) groups is 4. The highest BCUT2D eigenvalue weighted by Gasteiger charge is 2.36. The molecule has 0 bridgehead atoms. The van der Waals surface area contributed by atoms with Crippen molar-refractivity contribution in [2.45, 2.75) is 187 Å². The molecule has 8 rings (SSSR count). The van der Waals surface area contributed by atoms with Gasteiger partial charge in [0.1, 0.15) is 58.7 Å². The Morgan fingerprint density at radius 1 is 0.442 bits per heavy atom. The number of nitrogens with zero attached hydrogens (tertiary/aromatic N) is 3. The van der Waals surface area contributed by atoms with Crippen LogP contribution in [0.4, 0.5) is 40.3 Å². The first-order chi connectivity index (χ1) is 52.2. The van der Waals surface area contributed by atoms with Crippen molar-refractivity contribution in [1.82, 2.24) is 25.6 Å². The van der Waals surface area contributed by atoms with Gasteiger partial charge in [-0.15, -0.1) is 0 Å². The largest absolute Gasteiger partial charge is 0.493 e. The summed E-state index contributed by atoms with van der Waals surface area (Å²) < 4.78 is 123. The smallest absolute Gasteiger partial charge is 0.408 e. The number of hydrogen-bond donors (Lipinski definition) is 7. The van der Waals surface area contributed by atoms with Crippen LogP contribution in [0.3, 0.4) is 0 Å². The van der Waals surface area contributed by atoms with Crippen LogP contribution in [0.15, 0.2) is 127 Å². The fourth-order valence-electron chi connectivity index (χ4n) is 10.8. The van der Waals surface area contributed by atoms with Gasteiger partial charge in [-0.2, -0.15) is 0 Å². The minimum Gasteiger partial charge on any atom is -0.493 e. The molecule has 0 spiro atoms. The molecule has 30 heteroatoms. The number of ether oxygens (including phenoxy) is 6. The van der Waals surface area contributed by atoms with E-state index in [0.717, 1.165) is 0 Å². The third-order valence-corrected chi connectivity index (χ3v) is 18.2. The quantitative estimate of drug-likeness (QED) is 0.0177. The molecule has 8 aromatic rings. The number of Topliss-reactive ketones (excluding diaryl/α,β-unsaturated/α-hetero) is 2. The molecule has 0 aliphatic carbocycles. The first-order valence-electron chi connectivity index (χ1n) is 35.5. The van der Waals surface area contributed by atoms with Gasteiger partial charge in [0, 0.05) is 52.7 Å². The molecule has 0 fully saturated rings. The van der Waals surface area contributed by atoms with Crippen LogP contribution in [0.2, 0.25) is 15.1 Å². The SMILES string of the molecule is CC(C)(C)OC(=O)NC(C)(C)c1cc(-c2ccc(F)c(Cl)c2)nc(C(C)(O)CN)c1.COc1cc(C(=O)CCC(C)(O)c2cc(C(C)(C)N)cc(-c3ccc(F)c(Cl)c3)n2)ccc1OCC(F)F.COc1cc(C(=O)CCC(C)(O)c2cc(C(C)(C)NC(=O)OC(C)(C)C)cc(-c3ccc(F)c(Cl)c3)n2)ccc1OCC(F)F. The van der Waals surface area contributed by atoms with Gasteiger partial charge in [-0.05, 0) is 261 Å². The Labute approximate surface area is 668 Å². The summed E-state index contributed by atoms with van der Waals surface area (Å²) >= 11 is 17.9. The zero-order chi connectivity index (χ0) is 84.9. The molecule has 113 heavy (non-hydrogen) atoms. The lowest BCUT2D eigenvalue weighted by molar-refractivity contribution is 0.0393. The average Bonchev–Trinajstić information content (AvgIpc) is 0.793. The lowest BCUT2D eigenvalue weighted by atomic mass is 9.87. The molecule has 0 saturated heterocycles. The van der Waals surface area contributed by atoms with E-state index < -0.39 is 100 Å². The highest BCUT2D eigenvalue weighted by atomic mass is 35.5. The highest BCUT2D eigenvalue weighted by Crippen LogP contribution is 2.39. The van der Waals surface area contributed by atoms with Crippen molar-refractivity contribution in [3.05, 3.63) is 205 Å². The molecule has 3 heterocycles. The summed E-state index contributed by atoms with van der Waals surface area (Å²) in [5, 5.41) is 39.1. The standard InChI is InChI=1S/C33H38ClF3N2O6.C28H30ClF3N2O4.C22H29ClFN3O3/c1-31(2,3)45-30(41)39-32(4,5)21-16-24(19-8-10-23(35)22(34)14-19)38-28(17-21)33(6,42)13-12-25(40)20-9-11-26(27(15-20)43-7)44-18-29(36)37;1-27(2,33)18-13-21(16-5-7-20(30)19(29)11-16)34-25(14-18)28(3,36)10-9-22(35)17-6-8-23(24(12-17)37-4)38-15-26(31)32;1-20(2,3)30-19(28)27-21(4,5)14-10-17(13-7-8-16(24)15(23)9-13)26-18(11-14)22(6,29)12-25/h8-11,14-17,29,42H,12-13,18H2,1-7H3,(H,39,41);5-8,11-14,26,36H,9-10,15,33H2,1-4H3;7-11,29H,12,25H2,1-6H3,(H,27,28). The van der Waals surface area contributed by atoms with Crippen LogP contribution in [-0.4, -0.2) is 112 Å². The van der Waals surface area contributed by atoms with Gasteiger partial charge in [0.2, 0.25) is 0 Å². The number of alkyl halides is 4. The molecule has 9 N–H and O–H groups in total. The summed E-state index contributed by atoms with van der Waals surface area (Å²) in [6.45, 7) is 24.2. The Balaban J connectivity index is 0.000000269. The molecule has 612 valence electrons. The van der Waals surface area contributed by atoms with Gasteiger partial charge in [-0.3, -0.25) is 9.59 Å². The number of alkyl carbamates (subject to hydrolysis) is 2. The summed E-state index contributed by atoms with van der Waals surface area (Å²) in [5.74, 6) is -1.95. The summed E-state index contributed by atoms with van der Waals surface area (Å²) in [6.07, 6.45) is -6.77. The van der Waals surface area contributed by atoms with E-state index in [2.05, 4.69) is 25.6 Å². The maximum absolute atomic E-state index is 14.0. The van der Waals surface area contributed by atoms with Crippen LogP contribution in [0.25, 0.3) is 33.8 Å². The monoisotopic (exact) mass is 1640 g/mol. The first-order valence-corrected chi connectivity index (χ1v) is 36.7. The van der Waals surface area contributed by atoms with Gasteiger partial charge in [0.05, 0.1) is 74.5 Å². The number of hydrogen-bond acceptors (Lipinski definition) is 18. The maximum Gasteiger partial charge on any atom is 0.408 e. The van der Waals surface area contributed by atoms with E-state index in [1.165, 1.54) is 106 Å². The Kier molecular flexibility index (Phi) is 31.0. The topological polar surface area (TPSA) is 299 Å². The van der Waals surface area contributed by atoms with E-state index >= 15 is 0 Å². The second-order valence-corrected chi connectivity index (χ2v) is 32.2. The number of aliphatic hydroxyl groups is 3. The zero-order valence-electron chi connectivity index (χ0n) is 65.9. The Bertz CT molecular complexity index is 4700. The molecule has 3 unspecified atom stereocenters. The van der Waals surface area contributed by atoms with Crippen molar-refractivity contribution >= 4 is 58.6 Å². The number of amides is 2. The van der Waals surface area contributed by atoms with E-state index in [1.807, 2.05) is 0 Å². The molecule has 0 radical (unpaired) electrons. The third-order valence-electron chi connectivity index (χ3n) is 17.4. The maximum atomic E-state index is 14.0. The molecule has 0 saturated carbocycles. The van der Waals surface area contributed by atoms with Gasteiger partial charge < -0.3 is 65.8 Å². The average molecular weight is 1640 g/mol. The van der Waals surface area contributed by atoms with Crippen LogP contribution >= 0.6 is 34.8 Å². The Hall–Kier alpha value is -9.19. The van der Waals surface area contributed by atoms with Gasteiger partial charge in [0.25, 0.3) is 12.9 Å². The van der Waals surface area contributed by atoms with E-state index in [-0.39, 0.29) is 104 Å². The summed E-state index contributed by atoms with van der Waals surface area (Å²) in [6, 6.07) is 31.1. The van der Waals surface area contributed by atoms with E-state index in [0.29, 0.717) is 56.2 Å². The van der Waals surface area contributed by atoms with Crippen LogP contribution in [0.5, 0.6) is 23.0 Å². The fraction of sp³-hybridized carbons (Fsp3) is 0.410. The minimum absolute atomic E-state index is 0.0167. The number of rotatable bonds is 28. The molecule has 3 atom stereocenters. The van der Waals surface area contributed by atoms with Crippen molar-refractivity contribution in [1.29, 1.82) is 0 Å². The first kappa shape index (κ1) is 92.7. The molecule has 0 aliphatic heterocycles. The van der Waals surface area contributed by atoms with Crippen LogP contribution in [0.1, 0.15) is 184 Å². The number of aromatic nitrogens is 3. The summed E-state index contributed by atoms with van der Waals surface area (Å²) in [7, 11) is 2.67. The minimum atomic E-state index is -2.68. The van der Waals surface area contributed by atoms with Gasteiger partial charge in [-0.1, -0.05) is 34.8 Å². The second kappa shape index (κ2) is 37.8. The van der Waals surface area contributed by atoms with Crippen molar-refractivity contribution < 1.29 is 93.7 Å². The summed E-state index contributed by atoms with van der Waals surface area (Å²) in [5.41, 5.74) is 9.40. The van der Waals surface area contributed by atoms with E-state index in [9.17, 15) is 65.2 Å². The van der Waals surface area contributed by atoms with Crippen LogP contribution in [-0.2, 0) is 42.9 Å². The molecule has 3 aromatic heterocycles. The van der Waals surface area contributed by atoms with Gasteiger partial charge in [-0.25, -0.2) is 55.3 Å². The highest BCUT2D eigenvalue weighted by molar-refractivity contribution is 6.31. The number of nitrogens with one attached hydrogen (secondary N) is 2. The lowest BCUT2D eigenvalue weighted by Crippen LogP contribution is -2.44. The zero-order valence-corrected chi connectivity index (χ0v) is 68.2. The van der Waals surface area contributed by atoms with Crippen molar-refractivity contribution in [3.63, 3.8) is 0 Å². The van der Waals surface area contributed by atoms with Crippen LogP contribution in [0, 0.1) is 17.5 Å². The van der Waals surface area contributed by atoms with Crippen LogP contribution < -0.4 is 41.0 Å². The summed E-state index contributed by atoms with van der Waals surface area (Å²) in [4.78, 5) is 64.8. The lowest BCUT2D eigenvalue weighted by Gasteiger charge is -2.31. The number of methoxy groups -OCH3 is 2. The normalized spacial score (nSPS) is 13.5. The third kappa shape index (κ3) is 27.0. The number of nitrogens with two attached hydrogens (primary N) is 2.